The number of amides is 1. The standard InChI is InChI=1S/C18H19N5O/c1-12-5-3-7-14(9-12)11-16(17-20-22-23-21-17)18(24)19-15-8-4-6-13(2)10-15/h3-10,16H,11H2,1-2H3,(H,19,24)(H,20,21,22,23)/t16-/m1/s1. The van der Waals surface area contributed by atoms with Gasteiger partial charge in [-0.1, -0.05) is 47.2 Å². The maximum Gasteiger partial charge on any atom is 0.235 e. The summed E-state index contributed by atoms with van der Waals surface area (Å²) in [4.78, 5) is 12.8. The molecule has 2 aromatic carbocycles. The number of hydrogen-bond acceptors (Lipinski definition) is 4. The number of aromatic amines is 1. The minimum absolute atomic E-state index is 0.150. The van der Waals surface area contributed by atoms with Crippen LogP contribution in [0, 0.1) is 13.8 Å². The number of nitrogens with zero attached hydrogens (tertiary/aromatic N) is 3. The third kappa shape index (κ3) is 3.84. The minimum Gasteiger partial charge on any atom is -0.325 e. The van der Waals surface area contributed by atoms with Crippen LogP contribution in [-0.2, 0) is 11.2 Å². The summed E-state index contributed by atoms with van der Waals surface area (Å²) < 4.78 is 0. The Morgan fingerprint density at radius 1 is 1.12 bits per heavy atom. The van der Waals surface area contributed by atoms with Crippen LogP contribution >= 0.6 is 0 Å². The third-order valence-corrected chi connectivity index (χ3v) is 3.80. The number of benzene rings is 2. The van der Waals surface area contributed by atoms with E-state index in [-0.39, 0.29) is 5.91 Å². The Bertz CT molecular complexity index is 829. The molecule has 0 radical (unpaired) electrons. The predicted octanol–water partition coefficient (Wildman–Crippen LogP) is 2.78. The molecule has 0 unspecified atom stereocenters. The lowest BCUT2D eigenvalue weighted by atomic mass is 9.96. The Morgan fingerprint density at radius 2 is 1.88 bits per heavy atom. The second-order valence-corrected chi connectivity index (χ2v) is 5.87. The lowest BCUT2D eigenvalue weighted by Gasteiger charge is -2.14. The van der Waals surface area contributed by atoms with E-state index in [1.807, 2.05) is 56.3 Å². The van der Waals surface area contributed by atoms with Gasteiger partial charge >= 0.3 is 0 Å². The lowest BCUT2D eigenvalue weighted by Crippen LogP contribution is -2.24. The fourth-order valence-corrected chi connectivity index (χ4v) is 2.65. The van der Waals surface area contributed by atoms with Crippen LogP contribution in [0.3, 0.4) is 0 Å². The predicted molar refractivity (Wildman–Crippen MR) is 91.6 cm³/mol. The first-order chi connectivity index (χ1) is 11.6. The zero-order valence-electron chi connectivity index (χ0n) is 13.7. The quantitative estimate of drug-likeness (QED) is 0.757. The molecule has 3 rings (SSSR count). The summed E-state index contributed by atoms with van der Waals surface area (Å²) >= 11 is 0. The number of aromatic nitrogens is 4. The van der Waals surface area contributed by atoms with Gasteiger partial charge in [-0.25, -0.2) is 0 Å². The van der Waals surface area contributed by atoms with E-state index in [9.17, 15) is 4.79 Å². The Balaban J connectivity index is 1.83. The van der Waals surface area contributed by atoms with Crippen LogP contribution in [0.4, 0.5) is 5.69 Å². The summed E-state index contributed by atoms with van der Waals surface area (Å²) in [7, 11) is 0. The molecule has 122 valence electrons. The van der Waals surface area contributed by atoms with Gasteiger partial charge in [-0.15, -0.1) is 10.2 Å². The van der Waals surface area contributed by atoms with E-state index in [2.05, 4.69) is 32.0 Å². The minimum atomic E-state index is -0.508. The van der Waals surface area contributed by atoms with Crippen molar-refractivity contribution in [2.45, 2.75) is 26.2 Å². The molecule has 0 saturated carbocycles. The van der Waals surface area contributed by atoms with Crippen molar-refractivity contribution in [2.75, 3.05) is 5.32 Å². The number of carbonyl (C=O) groups excluding carboxylic acids is 1. The molecule has 24 heavy (non-hydrogen) atoms. The fourth-order valence-electron chi connectivity index (χ4n) is 2.65. The van der Waals surface area contributed by atoms with Gasteiger partial charge in [-0.2, -0.15) is 5.21 Å². The van der Waals surface area contributed by atoms with Crippen LogP contribution in [0.25, 0.3) is 0 Å². The Morgan fingerprint density at radius 3 is 2.54 bits per heavy atom. The van der Waals surface area contributed by atoms with Crippen LogP contribution in [0.2, 0.25) is 0 Å². The highest BCUT2D eigenvalue weighted by Gasteiger charge is 2.25. The first kappa shape index (κ1) is 15.9. The highest BCUT2D eigenvalue weighted by molar-refractivity contribution is 5.95. The summed E-state index contributed by atoms with van der Waals surface area (Å²) in [5, 5.41) is 17.0. The van der Waals surface area contributed by atoms with Crippen molar-refractivity contribution in [3.8, 4) is 0 Å². The summed E-state index contributed by atoms with van der Waals surface area (Å²) in [6.07, 6.45) is 0.513. The molecule has 0 spiro atoms. The third-order valence-electron chi connectivity index (χ3n) is 3.80. The van der Waals surface area contributed by atoms with E-state index >= 15 is 0 Å². The Kier molecular flexibility index (Phi) is 4.65. The molecule has 0 fully saturated rings. The second kappa shape index (κ2) is 7.04. The number of anilines is 1. The molecule has 0 aliphatic heterocycles. The highest BCUT2D eigenvalue weighted by Crippen LogP contribution is 2.21. The summed E-state index contributed by atoms with van der Waals surface area (Å²) in [5.41, 5.74) is 4.06. The van der Waals surface area contributed by atoms with Crippen molar-refractivity contribution < 1.29 is 4.79 Å². The van der Waals surface area contributed by atoms with Crippen molar-refractivity contribution in [1.29, 1.82) is 0 Å². The molecule has 6 heteroatoms. The molecular formula is C18H19N5O. The number of nitrogens with one attached hydrogen (secondary N) is 2. The molecule has 0 bridgehead atoms. The number of carbonyl (C=O) groups is 1. The van der Waals surface area contributed by atoms with Crippen LogP contribution in [0.15, 0.2) is 48.5 Å². The SMILES string of the molecule is Cc1cccc(C[C@@H](C(=O)Nc2cccc(C)c2)c2nn[nH]n2)c1. The number of H-pyrrole nitrogens is 1. The van der Waals surface area contributed by atoms with Crippen molar-refractivity contribution in [1.82, 2.24) is 20.6 Å². The zero-order chi connectivity index (χ0) is 16.9. The number of tetrazole rings is 1. The van der Waals surface area contributed by atoms with Crippen LogP contribution in [0.5, 0.6) is 0 Å². The Labute approximate surface area is 140 Å². The van der Waals surface area contributed by atoms with Crippen LogP contribution in [-0.4, -0.2) is 26.5 Å². The van der Waals surface area contributed by atoms with Gasteiger partial charge < -0.3 is 5.32 Å². The fraction of sp³-hybridized carbons (Fsp3) is 0.222. The molecular weight excluding hydrogens is 302 g/mol. The van der Waals surface area contributed by atoms with E-state index in [4.69, 9.17) is 0 Å². The molecule has 0 saturated heterocycles. The number of rotatable bonds is 5. The van der Waals surface area contributed by atoms with E-state index in [1.165, 1.54) is 0 Å². The zero-order valence-corrected chi connectivity index (χ0v) is 13.7. The Hall–Kier alpha value is -3.02. The maximum absolute atomic E-state index is 12.8. The first-order valence-corrected chi connectivity index (χ1v) is 7.78. The highest BCUT2D eigenvalue weighted by atomic mass is 16.1. The van der Waals surface area contributed by atoms with Gasteiger partial charge in [-0.05, 0) is 43.5 Å². The summed E-state index contributed by atoms with van der Waals surface area (Å²) in [5.74, 6) is -0.267. The molecule has 0 aliphatic rings. The average Bonchev–Trinajstić information content (AvgIpc) is 3.06. The maximum atomic E-state index is 12.8. The topological polar surface area (TPSA) is 83.6 Å². The van der Waals surface area contributed by atoms with Crippen molar-refractivity contribution in [3.05, 3.63) is 71.0 Å². The van der Waals surface area contributed by atoms with Gasteiger partial charge in [0.25, 0.3) is 0 Å². The lowest BCUT2D eigenvalue weighted by molar-refractivity contribution is -0.117. The van der Waals surface area contributed by atoms with E-state index < -0.39 is 5.92 Å². The van der Waals surface area contributed by atoms with Crippen LogP contribution in [0.1, 0.15) is 28.4 Å². The molecule has 3 aromatic rings. The molecule has 6 nitrogen and oxygen atoms in total. The van der Waals surface area contributed by atoms with Crippen molar-refractivity contribution in [3.63, 3.8) is 0 Å². The average molecular weight is 321 g/mol. The molecule has 0 aliphatic carbocycles. The van der Waals surface area contributed by atoms with Gasteiger partial charge in [0.15, 0.2) is 5.82 Å². The van der Waals surface area contributed by atoms with Gasteiger partial charge in [0.05, 0.1) is 0 Å². The number of hydrogen-bond donors (Lipinski definition) is 2. The van der Waals surface area contributed by atoms with Crippen LogP contribution < -0.4 is 5.32 Å². The summed E-state index contributed by atoms with van der Waals surface area (Å²) in [6.45, 7) is 4.01. The molecule has 1 aromatic heterocycles. The monoisotopic (exact) mass is 321 g/mol. The van der Waals surface area contributed by atoms with Gasteiger partial charge in [-0.3, -0.25) is 4.79 Å². The molecule has 1 amide bonds. The van der Waals surface area contributed by atoms with Gasteiger partial charge in [0.2, 0.25) is 5.91 Å². The van der Waals surface area contributed by atoms with Crippen molar-refractivity contribution in [2.24, 2.45) is 0 Å². The van der Waals surface area contributed by atoms with E-state index in [1.54, 1.807) is 0 Å². The molecule has 1 heterocycles. The molecule has 1 atom stereocenters. The normalized spacial score (nSPS) is 11.9. The summed E-state index contributed by atoms with van der Waals surface area (Å²) in [6, 6.07) is 15.8. The first-order valence-electron chi connectivity index (χ1n) is 7.78. The molecule has 2 N–H and O–H groups in total. The smallest absolute Gasteiger partial charge is 0.235 e. The number of aryl methyl sites for hydroxylation is 2. The van der Waals surface area contributed by atoms with E-state index in [0.29, 0.717) is 12.2 Å². The van der Waals surface area contributed by atoms with Gasteiger partial charge in [0, 0.05) is 5.69 Å². The van der Waals surface area contributed by atoms with Crippen molar-refractivity contribution >= 4 is 11.6 Å². The second-order valence-electron chi connectivity index (χ2n) is 5.87. The largest absolute Gasteiger partial charge is 0.325 e. The van der Waals surface area contributed by atoms with Gasteiger partial charge in [0.1, 0.15) is 5.92 Å². The van der Waals surface area contributed by atoms with E-state index in [0.717, 1.165) is 22.4 Å².